The number of nitrogen functional groups attached to an aromatic ring is 1. The van der Waals surface area contributed by atoms with E-state index in [1.54, 1.807) is 6.20 Å². The summed E-state index contributed by atoms with van der Waals surface area (Å²) in [6.07, 6.45) is 3.09. The summed E-state index contributed by atoms with van der Waals surface area (Å²) in [6, 6.07) is 0. The predicted molar refractivity (Wildman–Crippen MR) is 55.0 cm³/mol. The van der Waals surface area contributed by atoms with Gasteiger partial charge in [-0.3, -0.25) is 4.57 Å². The van der Waals surface area contributed by atoms with Crippen molar-refractivity contribution in [1.82, 2.24) is 14.5 Å². The zero-order valence-corrected chi connectivity index (χ0v) is 8.69. The molecule has 0 saturated carbocycles. The maximum atomic E-state index is 11.2. The lowest BCUT2D eigenvalue weighted by molar-refractivity contribution is 0.0596. The van der Waals surface area contributed by atoms with E-state index in [0.29, 0.717) is 5.13 Å². The van der Waals surface area contributed by atoms with Gasteiger partial charge < -0.3 is 10.5 Å². The lowest BCUT2D eigenvalue weighted by Crippen LogP contribution is -2.07. The van der Waals surface area contributed by atoms with Gasteiger partial charge in [0.05, 0.1) is 7.11 Å². The minimum atomic E-state index is -0.553. The number of methoxy groups -OCH3 is 1. The average molecular weight is 224 g/mol. The molecule has 15 heavy (non-hydrogen) atoms. The summed E-state index contributed by atoms with van der Waals surface area (Å²) in [5.74, 6) is -0.320. The molecule has 0 aliphatic carbocycles. The Labute approximate surface area is 89.3 Å². The molecule has 0 atom stereocenters. The van der Waals surface area contributed by atoms with Crippen LogP contribution in [0.4, 0.5) is 5.82 Å². The average Bonchev–Trinajstić information content (AvgIpc) is 2.85. The summed E-state index contributed by atoms with van der Waals surface area (Å²) < 4.78 is 6.07. The van der Waals surface area contributed by atoms with Crippen LogP contribution in [0.2, 0.25) is 0 Å². The fraction of sp³-hybridized carbons (Fsp3) is 0.125. The van der Waals surface area contributed by atoms with Crippen molar-refractivity contribution in [1.29, 1.82) is 0 Å². The maximum Gasteiger partial charge on any atom is 0.360 e. The van der Waals surface area contributed by atoms with Gasteiger partial charge in [-0.05, 0) is 0 Å². The Balaban J connectivity index is 2.45. The van der Waals surface area contributed by atoms with Crippen LogP contribution < -0.4 is 5.73 Å². The highest BCUT2D eigenvalue weighted by Crippen LogP contribution is 2.18. The SMILES string of the molecule is COC(=O)c1ncn(-c2nccs2)c1N. The summed E-state index contributed by atoms with van der Waals surface area (Å²) >= 11 is 1.40. The lowest BCUT2D eigenvalue weighted by Gasteiger charge is -1.99. The number of esters is 1. The van der Waals surface area contributed by atoms with Crippen LogP contribution in [0.1, 0.15) is 10.5 Å². The van der Waals surface area contributed by atoms with Gasteiger partial charge in [-0.2, -0.15) is 0 Å². The number of thiazole rings is 1. The minimum Gasteiger partial charge on any atom is -0.464 e. The summed E-state index contributed by atoms with van der Waals surface area (Å²) in [5, 5.41) is 2.47. The zero-order chi connectivity index (χ0) is 10.8. The van der Waals surface area contributed by atoms with Crippen molar-refractivity contribution >= 4 is 23.1 Å². The molecule has 0 saturated heterocycles. The second-order valence-electron chi connectivity index (χ2n) is 2.65. The summed E-state index contributed by atoms with van der Waals surface area (Å²) in [5.41, 5.74) is 5.84. The fourth-order valence-electron chi connectivity index (χ4n) is 1.10. The van der Waals surface area contributed by atoms with E-state index in [2.05, 4.69) is 14.7 Å². The van der Waals surface area contributed by atoms with E-state index in [9.17, 15) is 4.79 Å². The molecule has 0 unspecified atom stereocenters. The van der Waals surface area contributed by atoms with Crippen molar-refractivity contribution in [3.8, 4) is 5.13 Å². The first-order valence-corrected chi connectivity index (χ1v) is 4.93. The Kier molecular flexibility index (Phi) is 2.38. The van der Waals surface area contributed by atoms with Crippen molar-refractivity contribution in [3.63, 3.8) is 0 Å². The zero-order valence-electron chi connectivity index (χ0n) is 7.88. The first-order valence-electron chi connectivity index (χ1n) is 4.05. The van der Waals surface area contributed by atoms with Crippen molar-refractivity contribution in [2.45, 2.75) is 0 Å². The standard InChI is InChI=1S/C8H8N4O2S/c1-14-7(13)5-6(9)12(4-11-5)8-10-2-3-15-8/h2-4H,9H2,1H3. The van der Waals surface area contributed by atoms with Crippen LogP contribution in [0.3, 0.4) is 0 Å². The molecule has 2 rings (SSSR count). The van der Waals surface area contributed by atoms with Crippen LogP contribution in [-0.4, -0.2) is 27.6 Å². The van der Waals surface area contributed by atoms with Gasteiger partial charge in [0.15, 0.2) is 10.8 Å². The topological polar surface area (TPSA) is 83.0 Å². The van der Waals surface area contributed by atoms with Gasteiger partial charge in [-0.1, -0.05) is 0 Å². The molecule has 0 bridgehead atoms. The largest absolute Gasteiger partial charge is 0.464 e. The first-order chi connectivity index (χ1) is 7.24. The number of aromatic nitrogens is 3. The van der Waals surface area contributed by atoms with Crippen LogP contribution in [0.25, 0.3) is 5.13 Å². The van der Waals surface area contributed by atoms with Gasteiger partial charge in [0.2, 0.25) is 0 Å². The summed E-state index contributed by atoms with van der Waals surface area (Å²) in [4.78, 5) is 19.1. The Morgan fingerprint density at radius 3 is 3.00 bits per heavy atom. The quantitative estimate of drug-likeness (QED) is 0.759. The lowest BCUT2D eigenvalue weighted by atomic mass is 10.4. The molecule has 0 aliphatic heterocycles. The van der Waals surface area contributed by atoms with Gasteiger partial charge in [0.1, 0.15) is 12.1 Å². The fourth-order valence-corrected chi connectivity index (χ4v) is 1.72. The minimum absolute atomic E-state index is 0.104. The monoisotopic (exact) mass is 224 g/mol. The molecule has 7 heteroatoms. The van der Waals surface area contributed by atoms with Crippen molar-refractivity contribution < 1.29 is 9.53 Å². The van der Waals surface area contributed by atoms with Gasteiger partial charge >= 0.3 is 5.97 Å². The molecule has 2 N–H and O–H groups in total. The highest BCUT2D eigenvalue weighted by atomic mass is 32.1. The molecule has 0 spiro atoms. The highest BCUT2D eigenvalue weighted by molar-refractivity contribution is 7.12. The van der Waals surface area contributed by atoms with Crippen molar-refractivity contribution in [2.75, 3.05) is 12.8 Å². The highest BCUT2D eigenvalue weighted by Gasteiger charge is 2.17. The summed E-state index contributed by atoms with van der Waals surface area (Å²) in [7, 11) is 1.28. The van der Waals surface area contributed by atoms with Gasteiger partial charge in [-0.15, -0.1) is 11.3 Å². The molecular formula is C8H8N4O2S. The number of carbonyl (C=O) groups is 1. The first kappa shape index (κ1) is 9.66. The number of carbonyl (C=O) groups excluding carboxylic acids is 1. The third-order valence-electron chi connectivity index (χ3n) is 1.81. The molecule has 2 heterocycles. The van der Waals surface area contributed by atoms with Crippen LogP contribution in [-0.2, 0) is 4.74 Å². The van der Waals surface area contributed by atoms with Crippen molar-refractivity contribution in [2.24, 2.45) is 0 Å². The van der Waals surface area contributed by atoms with E-state index in [-0.39, 0.29) is 11.5 Å². The molecular weight excluding hydrogens is 216 g/mol. The smallest absolute Gasteiger partial charge is 0.360 e. The summed E-state index contributed by atoms with van der Waals surface area (Å²) in [6.45, 7) is 0. The molecule has 6 nitrogen and oxygen atoms in total. The molecule has 0 fully saturated rings. The number of imidazole rings is 1. The number of anilines is 1. The van der Waals surface area contributed by atoms with Gasteiger partial charge in [0, 0.05) is 11.6 Å². The number of ether oxygens (including phenoxy) is 1. The van der Waals surface area contributed by atoms with E-state index in [1.165, 1.54) is 29.3 Å². The number of nitrogens with zero attached hydrogens (tertiary/aromatic N) is 3. The van der Waals surface area contributed by atoms with Crippen LogP contribution in [0.15, 0.2) is 17.9 Å². The Hall–Kier alpha value is -1.89. The normalized spacial score (nSPS) is 10.2. The van der Waals surface area contributed by atoms with Gasteiger partial charge in [-0.25, -0.2) is 14.8 Å². The van der Waals surface area contributed by atoms with Crippen molar-refractivity contribution in [3.05, 3.63) is 23.6 Å². The number of hydrogen-bond acceptors (Lipinski definition) is 6. The van der Waals surface area contributed by atoms with E-state index in [1.807, 2.05) is 5.38 Å². The number of hydrogen-bond donors (Lipinski definition) is 1. The maximum absolute atomic E-state index is 11.2. The molecule has 78 valence electrons. The van der Waals surface area contributed by atoms with Crippen LogP contribution >= 0.6 is 11.3 Å². The number of nitrogens with two attached hydrogens (primary N) is 1. The Morgan fingerprint density at radius 1 is 1.60 bits per heavy atom. The molecule has 0 radical (unpaired) electrons. The third kappa shape index (κ3) is 1.57. The van der Waals surface area contributed by atoms with E-state index in [4.69, 9.17) is 5.73 Å². The molecule has 0 aliphatic rings. The second kappa shape index (κ2) is 3.70. The van der Waals surface area contributed by atoms with E-state index in [0.717, 1.165) is 0 Å². The molecule has 2 aromatic heterocycles. The Bertz CT molecular complexity index is 477. The number of rotatable bonds is 2. The molecule has 0 aromatic carbocycles. The van der Waals surface area contributed by atoms with E-state index >= 15 is 0 Å². The predicted octanol–water partition coefficient (Wildman–Crippen LogP) is 0.698. The van der Waals surface area contributed by atoms with E-state index < -0.39 is 5.97 Å². The Morgan fingerprint density at radius 2 is 2.40 bits per heavy atom. The van der Waals surface area contributed by atoms with Crippen LogP contribution in [0, 0.1) is 0 Å². The van der Waals surface area contributed by atoms with Gasteiger partial charge in [0.25, 0.3) is 0 Å². The molecule has 2 aromatic rings. The molecule has 0 amide bonds. The second-order valence-corrected chi connectivity index (χ2v) is 3.53. The third-order valence-corrected chi connectivity index (χ3v) is 2.58. The van der Waals surface area contributed by atoms with Crippen LogP contribution in [0.5, 0.6) is 0 Å².